The van der Waals surface area contributed by atoms with E-state index in [1.165, 1.54) is 16.8 Å². The highest BCUT2D eigenvalue weighted by Gasteiger charge is 2.19. The number of para-hydroxylation sites is 1. The van der Waals surface area contributed by atoms with Crippen molar-refractivity contribution >= 4 is 5.69 Å². The molecule has 1 heterocycles. The predicted molar refractivity (Wildman–Crippen MR) is 112 cm³/mol. The fourth-order valence-electron chi connectivity index (χ4n) is 3.76. The van der Waals surface area contributed by atoms with Gasteiger partial charge in [0.05, 0.1) is 0 Å². The van der Waals surface area contributed by atoms with Crippen LogP contribution >= 0.6 is 0 Å². The number of β-amino-alcohol motifs (C(OH)–C–C–N with tert-alkyl or cyclic N) is 1. The fraction of sp³-hybridized carbons (Fsp3) is 0.478. The molecule has 0 bridgehead atoms. The normalized spacial score (nSPS) is 16.6. The van der Waals surface area contributed by atoms with Crippen LogP contribution in [-0.4, -0.2) is 55.4 Å². The lowest BCUT2D eigenvalue weighted by molar-refractivity contribution is 0.0663. The first-order chi connectivity index (χ1) is 13.0. The van der Waals surface area contributed by atoms with Crippen molar-refractivity contribution in [3.05, 3.63) is 59.7 Å². The molecule has 1 aliphatic heterocycles. The van der Waals surface area contributed by atoms with Crippen molar-refractivity contribution in [2.75, 3.05) is 44.2 Å². The van der Waals surface area contributed by atoms with E-state index in [2.05, 4.69) is 67.0 Å². The molecule has 2 aromatic carbocycles. The van der Waals surface area contributed by atoms with Gasteiger partial charge in [-0.05, 0) is 48.2 Å². The maximum Gasteiger partial charge on any atom is 0.119 e. The minimum atomic E-state index is -0.474. The van der Waals surface area contributed by atoms with Crippen molar-refractivity contribution in [1.82, 2.24) is 4.90 Å². The molecular weight excluding hydrogens is 336 g/mol. The summed E-state index contributed by atoms with van der Waals surface area (Å²) in [5, 5.41) is 10.4. The first-order valence-electron chi connectivity index (χ1n) is 9.96. The Morgan fingerprint density at radius 2 is 1.70 bits per heavy atom. The second-order valence-corrected chi connectivity index (χ2v) is 7.76. The van der Waals surface area contributed by atoms with Gasteiger partial charge in [0.25, 0.3) is 0 Å². The van der Waals surface area contributed by atoms with Gasteiger partial charge < -0.3 is 14.7 Å². The van der Waals surface area contributed by atoms with Gasteiger partial charge in [-0.2, -0.15) is 0 Å². The lowest BCUT2D eigenvalue weighted by atomic mass is 9.98. The summed E-state index contributed by atoms with van der Waals surface area (Å²) in [5.74, 6) is 1.35. The third-order valence-electron chi connectivity index (χ3n) is 5.27. The average molecular weight is 369 g/mol. The summed E-state index contributed by atoms with van der Waals surface area (Å²) in [6, 6.07) is 16.7. The van der Waals surface area contributed by atoms with Crippen LogP contribution in [0.25, 0.3) is 0 Å². The van der Waals surface area contributed by atoms with E-state index in [-0.39, 0.29) is 0 Å². The highest BCUT2D eigenvalue weighted by Crippen LogP contribution is 2.23. The topological polar surface area (TPSA) is 35.9 Å². The first kappa shape index (κ1) is 19.7. The average Bonchev–Trinajstić information content (AvgIpc) is 2.67. The zero-order valence-electron chi connectivity index (χ0n) is 16.8. The van der Waals surface area contributed by atoms with Gasteiger partial charge in [-0.1, -0.05) is 38.1 Å². The smallest absolute Gasteiger partial charge is 0.119 e. The molecular formula is C23H32N2O2. The largest absolute Gasteiger partial charge is 0.491 e. The first-order valence-corrected chi connectivity index (χ1v) is 9.96. The molecule has 4 nitrogen and oxygen atoms in total. The quantitative estimate of drug-likeness (QED) is 0.809. The molecule has 146 valence electrons. The zero-order valence-corrected chi connectivity index (χ0v) is 16.8. The molecule has 1 aliphatic rings. The molecule has 1 atom stereocenters. The highest BCUT2D eigenvalue weighted by atomic mass is 16.5. The van der Waals surface area contributed by atoms with Crippen molar-refractivity contribution in [3.8, 4) is 5.75 Å². The van der Waals surface area contributed by atoms with Crippen LogP contribution in [0.1, 0.15) is 30.9 Å². The molecule has 1 fully saturated rings. The Bertz CT molecular complexity index is 710. The Balaban J connectivity index is 1.42. The Kier molecular flexibility index (Phi) is 6.75. The number of hydrogen-bond acceptors (Lipinski definition) is 4. The van der Waals surface area contributed by atoms with E-state index in [4.69, 9.17) is 4.74 Å². The molecule has 0 aliphatic carbocycles. The number of benzene rings is 2. The molecule has 27 heavy (non-hydrogen) atoms. The lowest BCUT2D eigenvalue weighted by Gasteiger charge is -2.36. The molecule has 1 saturated heterocycles. The van der Waals surface area contributed by atoms with Crippen molar-refractivity contribution in [1.29, 1.82) is 0 Å². The number of hydrogen-bond donors (Lipinski definition) is 1. The maximum atomic E-state index is 10.4. The molecule has 3 rings (SSSR count). The number of rotatable bonds is 7. The van der Waals surface area contributed by atoms with E-state index in [0.717, 1.165) is 31.9 Å². The van der Waals surface area contributed by atoms with E-state index >= 15 is 0 Å². The van der Waals surface area contributed by atoms with Gasteiger partial charge >= 0.3 is 0 Å². The van der Waals surface area contributed by atoms with Gasteiger partial charge in [0, 0.05) is 38.4 Å². The summed E-state index contributed by atoms with van der Waals surface area (Å²) >= 11 is 0. The van der Waals surface area contributed by atoms with Crippen LogP contribution < -0.4 is 9.64 Å². The van der Waals surface area contributed by atoms with Crippen LogP contribution in [0.15, 0.2) is 48.5 Å². The number of aliphatic hydroxyl groups excluding tert-OH is 1. The highest BCUT2D eigenvalue weighted by molar-refractivity contribution is 5.46. The molecule has 0 spiro atoms. The van der Waals surface area contributed by atoms with E-state index in [1.54, 1.807) is 0 Å². The fourth-order valence-corrected chi connectivity index (χ4v) is 3.76. The molecule has 0 saturated carbocycles. The summed E-state index contributed by atoms with van der Waals surface area (Å²) in [6.45, 7) is 11.4. The van der Waals surface area contributed by atoms with E-state index in [1.807, 2.05) is 12.1 Å². The molecule has 1 N–H and O–H groups in total. The number of aliphatic hydroxyl groups is 1. The molecule has 4 heteroatoms. The van der Waals surface area contributed by atoms with Crippen LogP contribution in [0.3, 0.4) is 0 Å². The van der Waals surface area contributed by atoms with Gasteiger partial charge in [-0.15, -0.1) is 0 Å². The minimum absolute atomic E-state index is 0.333. The Morgan fingerprint density at radius 3 is 2.33 bits per heavy atom. The Labute approximate surface area is 163 Å². The van der Waals surface area contributed by atoms with E-state index in [9.17, 15) is 5.11 Å². The SMILES string of the molecule is Cc1cc(OC[C@H](O)CN2CCN(c3ccccc3)CC2)ccc1C(C)C. The second kappa shape index (κ2) is 9.25. The second-order valence-electron chi connectivity index (χ2n) is 7.76. The number of piperazine rings is 1. The summed E-state index contributed by atoms with van der Waals surface area (Å²) in [4.78, 5) is 4.72. The standard InChI is InChI=1S/C23H32N2O2/c1-18(2)23-10-9-22(15-19(23)3)27-17-21(26)16-24-11-13-25(14-12-24)20-7-5-4-6-8-20/h4-10,15,18,21,26H,11-14,16-17H2,1-3H3/t21-/m1/s1. The van der Waals surface area contributed by atoms with Crippen molar-refractivity contribution in [2.24, 2.45) is 0 Å². The maximum absolute atomic E-state index is 10.4. The zero-order chi connectivity index (χ0) is 19.2. The lowest BCUT2D eigenvalue weighted by Crippen LogP contribution is -2.49. The summed E-state index contributed by atoms with van der Waals surface area (Å²) in [6.07, 6.45) is -0.474. The Hall–Kier alpha value is -2.04. The number of ether oxygens (including phenoxy) is 1. The van der Waals surface area contributed by atoms with Gasteiger partial charge in [-0.3, -0.25) is 4.90 Å². The summed E-state index contributed by atoms with van der Waals surface area (Å²) < 4.78 is 5.83. The van der Waals surface area contributed by atoms with Gasteiger partial charge in [0.2, 0.25) is 0 Å². The molecule has 0 radical (unpaired) electrons. The van der Waals surface area contributed by atoms with Gasteiger partial charge in [0.1, 0.15) is 18.5 Å². The third-order valence-corrected chi connectivity index (χ3v) is 5.27. The van der Waals surface area contributed by atoms with Crippen LogP contribution in [0.2, 0.25) is 0 Å². The molecule has 0 unspecified atom stereocenters. The minimum Gasteiger partial charge on any atom is -0.491 e. The van der Waals surface area contributed by atoms with E-state index < -0.39 is 6.10 Å². The van der Waals surface area contributed by atoms with Crippen molar-refractivity contribution in [2.45, 2.75) is 32.8 Å². The van der Waals surface area contributed by atoms with Crippen molar-refractivity contribution < 1.29 is 9.84 Å². The van der Waals surface area contributed by atoms with Crippen LogP contribution in [0.5, 0.6) is 5.75 Å². The molecule has 0 aromatic heterocycles. The third kappa shape index (κ3) is 5.47. The summed E-state index contributed by atoms with van der Waals surface area (Å²) in [7, 11) is 0. The number of anilines is 1. The van der Waals surface area contributed by atoms with Crippen LogP contribution in [-0.2, 0) is 0 Å². The Morgan fingerprint density at radius 1 is 1.00 bits per heavy atom. The summed E-state index contributed by atoms with van der Waals surface area (Å²) in [5.41, 5.74) is 3.87. The van der Waals surface area contributed by atoms with Crippen LogP contribution in [0.4, 0.5) is 5.69 Å². The molecule has 2 aromatic rings. The van der Waals surface area contributed by atoms with Gasteiger partial charge in [0.15, 0.2) is 0 Å². The van der Waals surface area contributed by atoms with Crippen molar-refractivity contribution in [3.63, 3.8) is 0 Å². The number of nitrogens with zero attached hydrogens (tertiary/aromatic N) is 2. The van der Waals surface area contributed by atoms with Gasteiger partial charge in [-0.25, -0.2) is 0 Å². The monoisotopic (exact) mass is 368 g/mol. The van der Waals surface area contributed by atoms with Crippen LogP contribution in [0, 0.1) is 6.92 Å². The number of aryl methyl sites for hydroxylation is 1. The molecule has 0 amide bonds. The predicted octanol–water partition coefficient (Wildman–Crippen LogP) is 3.68. The van der Waals surface area contributed by atoms with E-state index in [0.29, 0.717) is 19.1 Å².